The summed E-state index contributed by atoms with van der Waals surface area (Å²) >= 11 is 0. The van der Waals surface area contributed by atoms with Crippen LogP contribution in [0.3, 0.4) is 0 Å². The van der Waals surface area contributed by atoms with Crippen molar-refractivity contribution < 1.29 is 39.1 Å². The maximum absolute atomic E-state index is 11.3. The summed E-state index contributed by atoms with van der Waals surface area (Å²) in [5.74, 6) is -2.28. The molecule has 2 unspecified atom stereocenters. The minimum Gasteiger partial charge on any atom is -0.479 e. The van der Waals surface area contributed by atoms with E-state index >= 15 is 0 Å². The highest BCUT2D eigenvalue weighted by atomic mass is 16.6. The minimum absolute atomic E-state index is 0.0363. The number of hydrogen-bond donors (Lipinski definition) is 3. The second-order valence-electron chi connectivity index (χ2n) is 5.89. The lowest BCUT2D eigenvalue weighted by Crippen LogP contribution is -2.40. The van der Waals surface area contributed by atoms with E-state index in [2.05, 4.69) is 18.6 Å². The topological polar surface area (TPSA) is 123 Å². The molecule has 0 aromatic carbocycles. The van der Waals surface area contributed by atoms with E-state index < -0.39 is 24.1 Å². The van der Waals surface area contributed by atoms with Gasteiger partial charge in [0.25, 0.3) is 0 Å². The Labute approximate surface area is 142 Å². The number of aliphatic hydroxyl groups excluding tert-OH is 2. The lowest BCUT2D eigenvalue weighted by atomic mass is 10.2. The number of aliphatic carboxylic acids is 1. The molecule has 0 aromatic heterocycles. The highest BCUT2D eigenvalue weighted by Gasteiger charge is 2.31. The van der Waals surface area contributed by atoms with E-state index in [1.54, 1.807) is 0 Å². The molecule has 8 nitrogen and oxygen atoms in total. The van der Waals surface area contributed by atoms with E-state index in [9.17, 15) is 14.7 Å². The monoisotopic (exact) mass is 350 g/mol. The molecule has 0 aliphatic carbocycles. The smallest absolute Gasteiger partial charge is 0.338 e. The average molecular weight is 350 g/mol. The first-order chi connectivity index (χ1) is 11.4. The fourth-order valence-electron chi connectivity index (χ4n) is 1.66. The predicted octanol–water partition coefficient (Wildman–Crippen LogP) is 0.586. The maximum Gasteiger partial charge on any atom is 0.338 e. The zero-order chi connectivity index (χ0) is 18.4. The van der Waals surface area contributed by atoms with Gasteiger partial charge in [-0.15, -0.1) is 0 Å². The number of carboxylic acid groups (broad SMARTS) is 1. The first-order valence-electron chi connectivity index (χ1n) is 8.27. The van der Waals surface area contributed by atoms with Crippen LogP contribution in [0.25, 0.3) is 0 Å². The number of unbranched alkanes of at least 4 members (excludes halogenated alkanes) is 2. The summed E-state index contributed by atoms with van der Waals surface area (Å²) < 4.78 is 15.6. The zero-order valence-corrected chi connectivity index (χ0v) is 14.5. The Kier molecular flexibility index (Phi) is 13.4. The van der Waals surface area contributed by atoms with Gasteiger partial charge in [0.2, 0.25) is 0 Å². The number of carbonyl (C=O) groups is 2. The Morgan fingerprint density at radius 1 is 0.833 bits per heavy atom. The van der Waals surface area contributed by atoms with E-state index in [0.29, 0.717) is 32.0 Å². The molecule has 0 bridgehead atoms. The Hall–Kier alpha value is -1.22. The summed E-state index contributed by atoms with van der Waals surface area (Å²) in [5, 5.41) is 26.6. The SMILES string of the molecule is CC(C)COCCCCOCCCCOC(=O)C(O)C(O)C(=O)O. The molecule has 0 fully saturated rings. The van der Waals surface area contributed by atoms with E-state index in [-0.39, 0.29) is 6.61 Å². The Balaban J connectivity index is 3.39. The van der Waals surface area contributed by atoms with Gasteiger partial charge in [0.15, 0.2) is 12.2 Å². The van der Waals surface area contributed by atoms with Crippen molar-refractivity contribution in [2.45, 2.75) is 51.7 Å². The van der Waals surface area contributed by atoms with E-state index in [1.165, 1.54) is 0 Å². The molecule has 0 heterocycles. The van der Waals surface area contributed by atoms with Crippen molar-refractivity contribution >= 4 is 11.9 Å². The van der Waals surface area contributed by atoms with Crippen LogP contribution < -0.4 is 0 Å². The minimum atomic E-state index is -2.18. The summed E-state index contributed by atoms with van der Waals surface area (Å²) in [6.07, 6.45) is -1.17. The fourth-order valence-corrected chi connectivity index (χ4v) is 1.66. The van der Waals surface area contributed by atoms with Gasteiger partial charge in [0.1, 0.15) is 0 Å². The molecule has 0 radical (unpaired) electrons. The predicted molar refractivity (Wildman–Crippen MR) is 85.6 cm³/mol. The van der Waals surface area contributed by atoms with Crippen LogP contribution in [0.4, 0.5) is 0 Å². The molecule has 0 saturated heterocycles. The van der Waals surface area contributed by atoms with E-state index in [4.69, 9.17) is 19.7 Å². The highest BCUT2D eigenvalue weighted by molar-refractivity contribution is 5.84. The Bertz CT molecular complexity index is 345. The summed E-state index contributed by atoms with van der Waals surface area (Å²) in [4.78, 5) is 21.6. The van der Waals surface area contributed by atoms with Gasteiger partial charge in [-0.1, -0.05) is 13.8 Å². The van der Waals surface area contributed by atoms with Crippen molar-refractivity contribution in [1.82, 2.24) is 0 Å². The van der Waals surface area contributed by atoms with Crippen LogP contribution in [0.15, 0.2) is 0 Å². The number of carboxylic acids is 1. The van der Waals surface area contributed by atoms with Crippen LogP contribution in [0.5, 0.6) is 0 Å². The van der Waals surface area contributed by atoms with Gasteiger partial charge in [-0.2, -0.15) is 0 Å². The number of aliphatic hydroxyl groups is 2. The van der Waals surface area contributed by atoms with Crippen LogP contribution in [0, 0.1) is 5.92 Å². The third kappa shape index (κ3) is 12.2. The standard InChI is InChI=1S/C16H30O8/c1-12(2)11-23-9-4-3-7-22-8-5-6-10-24-16(21)14(18)13(17)15(19)20/h12-14,17-18H,3-11H2,1-2H3,(H,19,20). The quantitative estimate of drug-likeness (QED) is 0.290. The summed E-state index contributed by atoms with van der Waals surface area (Å²) in [5.41, 5.74) is 0. The van der Waals surface area contributed by atoms with Gasteiger partial charge in [-0.05, 0) is 31.6 Å². The van der Waals surface area contributed by atoms with Crippen molar-refractivity contribution in [2.24, 2.45) is 5.92 Å². The molecular weight excluding hydrogens is 320 g/mol. The molecule has 0 amide bonds. The van der Waals surface area contributed by atoms with Crippen molar-refractivity contribution in [3.05, 3.63) is 0 Å². The normalized spacial score (nSPS) is 13.7. The number of rotatable bonds is 15. The molecule has 0 spiro atoms. The fraction of sp³-hybridized carbons (Fsp3) is 0.875. The molecule has 0 aromatic rings. The lowest BCUT2D eigenvalue weighted by molar-refractivity contribution is -0.169. The Morgan fingerprint density at radius 2 is 1.33 bits per heavy atom. The molecule has 0 saturated carbocycles. The molecule has 3 N–H and O–H groups in total. The van der Waals surface area contributed by atoms with Gasteiger partial charge < -0.3 is 29.5 Å². The van der Waals surface area contributed by atoms with Crippen molar-refractivity contribution in [2.75, 3.05) is 33.0 Å². The first kappa shape index (κ1) is 22.8. The van der Waals surface area contributed by atoms with Gasteiger partial charge in [0, 0.05) is 26.4 Å². The Morgan fingerprint density at radius 3 is 1.83 bits per heavy atom. The molecule has 24 heavy (non-hydrogen) atoms. The number of esters is 1. The van der Waals surface area contributed by atoms with E-state index in [1.807, 2.05) is 0 Å². The number of ether oxygens (including phenoxy) is 3. The molecule has 0 rings (SSSR count). The average Bonchev–Trinajstić information content (AvgIpc) is 2.53. The molecule has 8 heteroatoms. The van der Waals surface area contributed by atoms with Crippen molar-refractivity contribution in [3.8, 4) is 0 Å². The summed E-state index contributed by atoms with van der Waals surface area (Å²) in [7, 11) is 0. The lowest BCUT2D eigenvalue weighted by Gasteiger charge is -2.13. The second-order valence-corrected chi connectivity index (χ2v) is 5.89. The summed E-state index contributed by atoms with van der Waals surface area (Å²) in [6, 6.07) is 0. The molecule has 0 aliphatic heterocycles. The van der Waals surface area contributed by atoms with Crippen LogP contribution in [0.1, 0.15) is 39.5 Å². The number of carbonyl (C=O) groups excluding carboxylic acids is 1. The van der Waals surface area contributed by atoms with Gasteiger partial charge in [-0.25, -0.2) is 9.59 Å². The third-order valence-corrected chi connectivity index (χ3v) is 3.00. The van der Waals surface area contributed by atoms with Gasteiger partial charge >= 0.3 is 11.9 Å². The first-order valence-corrected chi connectivity index (χ1v) is 8.27. The highest BCUT2D eigenvalue weighted by Crippen LogP contribution is 2.00. The van der Waals surface area contributed by atoms with Crippen molar-refractivity contribution in [1.29, 1.82) is 0 Å². The zero-order valence-electron chi connectivity index (χ0n) is 14.5. The van der Waals surface area contributed by atoms with Crippen LogP contribution in [-0.2, 0) is 23.8 Å². The summed E-state index contributed by atoms with van der Waals surface area (Å²) in [6.45, 7) is 6.94. The number of hydrogen-bond acceptors (Lipinski definition) is 7. The van der Waals surface area contributed by atoms with Crippen molar-refractivity contribution in [3.63, 3.8) is 0 Å². The van der Waals surface area contributed by atoms with Gasteiger partial charge in [-0.3, -0.25) is 0 Å². The van der Waals surface area contributed by atoms with Gasteiger partial charge in [0.05, 0.1) is 6.61 Å². The van der Waals surface area contributed by atoms with Crippen LogP contribution >= 0.6 is 0 Å². The van der Waals surface area contributed by atoms with Crippen LogP contribution in [-0.4, -0.2) is 72.5 Å². The van der Waals surface area contributed by atoms with Crippen LogP contribution in [0.2, 0.25) is 0 Å². The molecule has 2 atom stereocenters. The third-order valence-electron chi connectivity index (χ3n) is 3.00. The molecular formula is C16H30O8. The molecule has 142 valence electrons. The van der Waals surface area contributed by atoms with E-state index in [0.717, 1.165) is 26.1 Å². The maximum atomic E-state index is 11.3. The molecule has 0 aliphatic rings. The second kappa shape index (κ2) is 14.2. The largest absolute Gasteiger partial charge is 0.479 e.